The summed E-state index contributed by atoms with van der Waals surface area (Å²) in [6.45, 7) is 0.721. The van der Waals surface area contributed by atoms with Crippen molar-refractivity contribution in [2.75, 3.05) is 0 Å². The molecule has 0 spiro atoms. The Labute approximate surface area is 150 Å². The highest BCUT2D eigenvalue weighted by Gasteiger charge is 2.38. The van der Waals surface area contributed by atoms with Gasteiger partial charge >= 0.3 is 18.1 Å². The number of ether oxygens (including phenoxy) is 2. The molecule has 0 aliphatic heterocycles. The lowest BCUT2D eigenvalue weighted by atomic mass is 10.2. The number of halogens is 6. The quantitative estimate of drug-likeness (QED) is 0.369. The van der Waals surface area contributed by atoms with Crippen molar-refractivity contribution >= 4 is 46.7 Å². The molecule has 24 heavy (non-hydrogen) atoms. The fourth-order valence-electron chi connectivity index (χ4n) is 1.46. The molecule has 0 fully saturated rings. The van der Waals surface area contributed by atoms with Crippen LogP contribution in [0, 0.1) is 0 Å². The Morgan fingerprint density at radius 1 is 1.04 bits per heavy atom. The molecule has 134 valence electrons. The van der Waals surface area contributed by atoms with Crippen LogP contribution < -0.4 is 4.74 Å². The summed E-state index contributed by atoms with van der Waals surface area (Å²) >= 11 is 17.3. The van der Waals surface area contributed by atoms with Crippen LogP contribution in [-0.4, -0.2) is 24.2 Å². The van der Waals surface area contributed by atoms with E-state index in [1.807, 2.05) is 0 Å². The van der Waals surface area contributed by atoms with Crippen LogP contribution in [0.1, 0.15) is 26.2 Å². The van der Waals surface area contributed by atoms with Crippen LogP contribution in [0.4, 0.5) is 13.2 Å². The average molecular weight is 408 g/mol. The Morgan fingerprint density at radius 2 is 1.58 bits per heavy atom. The molecular weight excluding hydrogens is 396 g/mol. The average Bonchev–Trinajstić information content (AvgIpc) is 2.43. The number of hydrogen-bond acceptors (Lipinski definition) is 4. The second kappa shape index (κ2) is 8.78. The van der Waals surface area contributed by atoms with Crippen LogP contribution in [0.25, 0.3) is 0 Å². The van der Waals surface area contributed by atoms with Crippen LogP contribution in [0.5, 0.6) is 5.75 Å². The van der Waals surface area contributed by atoms with Crippen molar-refractivity contribution in [3.8, 4) is 5.75 Å². The first-order valence-corrected chi connectivity index (χ1v) is 7.75. The Hall–Kier alpha value is -1.18. The molecule has 0 aliphatic carbocycles. The van der Waals surface area contributed by atoms with Gasteiger partial charge < -0.3 is 9.47 Å². The van der Waals surface area contributed by atoms with E-state index in [1.165, 1.54) is 12.1 Å². The molecule has 1 aromatic rings. The molecule has 0 aromatic heterocycles. The molecule has 1 rings (SSSR count). The van der Waals surface area contributed by atoms with E-state index in [0.717, 1.165) is 6.92 Å². The highest BCUT2D eigenvalue weighted by Crippen LogP contribution is 2.34. The van der Waals surface area contributed by atoms with E-state index >= 15 is 0 Å². The summed E-state index contributed by atoms with van der Waals surface area (Å²) < 4.78 is 45.8. The Morgan fingerprint density at radius 3 is 2.17 bits per heavy atom. The Kier molecular flexibility index (Phi) is 7.63. The highest BCUT2D eigenvalue weighted by molar-refractivity contribution is 6.43. The van der Waals surface area contributed by atoms with E-state index < -0.39 is 24.2 Å². The van der Waals surface area contributed by atoms with Gasteiger partial charge in [0.05, 0.1) is 15.1 Å². The van der Waals surface area contributed by atoms with Gasteiger partial charge in [-0.15, -0.1) is 0 Å². The predicted molar refractivity (Wildman–Crippen MR) is 82.6 cm³/mol. The maximum Gasteiger partial charge on any atom is 0.425 e. The van der Waals surface area contributed by atoms with Crippen LogP contribution >= 0.6 is 34.8 Å². The summed E-state index contributed by atoms with van der Waals surface area (Å²) in [6, 6.07) is 2.55. The minimum Gasteiger partial charge on any atom is -0.453 e. The molecule has 1 atom stereocenters. The zero-order valence-electron chi connectivity index (χ0n) is 12.3. The SMILES string of the molecule is CC(OC(=O)CCCC(=O)Oc1cc(Cl)c(Cl)cc1Cl)C(F)(F)F. The fourth-order valence-corrected chi connectivity index (χ4v) is 2.03. The molecular formula is C14H12Cl3F3O4. The van der Waals surface area contributed by atoms with Gasteiger partial charge in [0.1, 0.15) is 0 Å². The Bertz CT molecular complexity index is 620. The molecule has 0 aliphatic rings. The molecule has 0 heterocycles. The van der Waals surface area contributed by atoms with Crippen molar-refractivity contribution in [3.05, 3.63) is 27.2 Å². The maximum absolute atomic E-state index is 12.2. The fraction of sp³-hybridized carbons (Fsp3) is 0.429. The van der Waals surface area contributed by atoms with Crippen molar-refractivity contribution < 1.29 is 32.2 Å². The third kappa shape index (κ3) is 6.75. The minimum atomic E-state index is -4.63. The van der Waals surface area contributed by atoms with Crippen LogP contribution in [-0.2, 0) is 14.3 Å². The van der Waals surface area contributed by atoms with E-state index in [4.69, 9.17) is 39.5 Å². The second-order valence-electron chi connectivity index (χ2n) is 4.70. The first kappa shape index (κ1) is 20.9. The number of esters is 2. The number of benzene rings is 1. The number of carbonyl (C=O) groups excluding carboxylic acids is 2. The molecule has 0 radical (unpaired) electrons. The van der Waals surface area contributed by atoms with Crippen molar-refractivity contribution in [2.24, 2.45) is 0 Å². The Balaban J connectivity index is 2.42. The number of hydrogen-bond donors (Lipinski definition) is 0. The van der Waals surface area contributed by atoms with Gasteiger partial charge in [0.25, 0.3) is 0 Å². The van der Waals surface area contributed by atoms with Gasteiger partial charge in [-0.25, -0.2) is 0 Å². The van der Waals surface area contributed by atoms with Crippen LogP contribution in [0.2, 0.25) is 15.1 Å². The number of carbonyl (C=O) groups is 2. The van der Waals surface area contributed by atoms with E-state index in [9.17, 15) is 22.8 Å². The topological polar surface area (TPSA) is 52.6 Å². The molecule has 10 heteroatoms. The first-order valence-electron chi connectivity index (χ1n) is 6.62. The zero-order chi connectivity index (χ0) is 18.5. The highest BCUT2D eigenvalue weighted by atomic mass is 35.5. The third-order valence-electron chi connectivity index (χ3n) is 2.73. The number of rotatable bonds is 6. The smallest absolute Gasteiger partial charge is 0.425 e. The zero-order valence-corrected chi connectivity index (χ0v) is 14.5. The minimum absolute atomic E-state index is 0.00987. The largest absolute Gasteiger partial charge is 0.453 e. The van der Waals surface area contributed by atoms with Gasteiger partial charge in [-0.1, -0.05) is 34.8 Å². The summed E-state index contributed by atoms with van der Waals surface area (Å²) in [4.78, 5) is 22.9. The van der Waals surface area contributed by atoms with E-state index in [0.29, 0.717) is 0 Å². The lowest BCUT2D eigenvalue weighted by Gasteiger charge is -2.16. The van der Waals surface area contributed by atoms with Crippen molar-refractivity contribution in [1.82, 2.24) is 0 Å². The van der Waals surface area contributed by atoms with Gasteiger partial charge in [0.15, 0.2) is 11.9 Å². The second-order valence-corrected chi connectivity index (χ2v) is 5.92. The lowest BCUT2D eigenvalue weighted by molar-refractivity contribution is -0.216. The normalized spacial score (nSPS) is 12.6. The van der Waals surface area contributed by atoms with E-state index in [1.54, 1.807) is 0 Å². The molecule has 1 aromatic carbocycles. The molecule has 1 unspecified atom stereocenters. The van der Waals surface area contributed by atoms with Gasteiger partial charge in [-0.05, 0) is 19.4 Å². The molecule has 0 saturated heterocycles. The van der Waals surface area contributed by atoms with Gasteiger partial charge in [-0.2, -0.15) is 13.2 Å². The standard InChI is InChI=1S/C14H12Cl3F3O4/c1-7(14(18,19)20)23-12(21)3-2-4-13(22)24-11-6-9(16)8(15)5-10(11)17/h5-7H,2-4H2,1H3. The third-order valence-corrected chi connectivity index (χ3v) is 3.75. The predicted octanol–water partition coefficient (Wildman–Crippen LogP) is 5.22. The maximum atomic E-state index is 12.2. The lowest BCUT2D eigenvalue weighted by Crippen LogP contribution is -2.30. The summed E-state index contributed by atoms with van der Waals surface area (Å²) in [5.74, 6) is -1.79. The van der Waals surface area contributed by atoms with Crippen molar-refractivity contribution in [1.29, 1.82) is 0 Å². The monoisotopic (exact) mass is 406 g/mol. The van der Waals surface area contributed by atoms with E-state index in [2.05, 4.69) is 4.74 Å². The molecule has 0 amide bonds. The molecule has 0 saturated carbocycles. The molecule has 0 bridgehead atoms. The summed E-state index contributed by atoms with van der Waals surface area (Å²) in [6.07, 6.45) is -7.44. The number of alkyl halides is 3. The molecule has 0 N–H and O–H groups in total. The van der Waals surface area contributed by atoms with Gasteiger partial charge in [0, 0.05) is 18.9 Å². The summed E-state index contributed by atoms with van der Waals surface area (Å²) in [5, 5.41) is 0.382. The summed E-state index contributed by atoms with van der Waals surface area (Å²) in [7, 11) is 0. The van der Waals surface area contributed by atoms with Gasteiger partial charge in [0.2, 0.25) is 0 Å². The van der Waals surface area contributed by atoms with Crippen molar-refractivity contribution in [3.63, 3.8) is 0 Å². The van der Waals surface area contributed by atoms with E-state index in [-0.39, 0.29) is 40.1 Å². The van der Waals surface area contributed by atoms with Crippen molar-refractivity contribution in [2.45, 2.75) is 38.5 Å². The van der Waals surface area contributed by atoms with Gasteiger partial charge in [-0.3, -0.25) is 9.59 Å². The molecule has 4 nitrogen and oxygen atoms in total. The first-order chi connectivity index (χ1) is 11.0. The van der Waals surface area contributed by atoms with Crippen LogP contribution in [0.15, 0.2) is 12.1 Å². The summed E-state index contributed by atoms with van der Waals surface area (Å²) in [5.41, 5.74) is 0. The van der Waals surface area contributed by atoms with Crippen LogP contribution in [0.3, 0.4) is 0 Å².